The standard InChI is InChI=1S/C19H21FN4O2/c1-12(24-14-7-9-23-18(26)11-14)16(21-3)8-10-22-13(2)19-15(20)5-4-6-17(19)25/h4-6,8,10-11,24-25H,1,7,9H2,2-3H3,(H,23,26)/b10-8-,21-16?,22-13?. The molecule has 0 saturated carbocycles. The van der Waals surface area contributed by atoms with Crippen LogP contribution < -0.4 is 10.6 Å². The Morgan fingerprint density at radius 3 is 2.88 bits per heavy atom. The maximum absolute atomic E-state index is 13.8. The lowest BCUT2D eigenvalue weighted by Crippen LogP contribution is -2.31. The van der Waals surface area contributed by atoms with Crippen LogP contribution in [0, 0.1) is 5.82 Å². The molecule has 0 radical (unpaired) electrons. The van der Waals surface area contributed by atoms with E-state index >= 15 is 0 Å². The third kappa shape index (κ3) is 4.89. The highest BCUT2D eigenvalue weighted by atomic mass is 19.1. The second-order valence-electron chi connectivity index (χ2n) is 5.59. The first-order valence-corrected chi connectivity index (χ1v) is 8.02. The molecule has 0 atom stereocenters. The molecule has 0 fully saturated rings. The summed E-state index contributed by atoms with van der Waals surface area (Å²) < 4.78 is 13.8. The molecule has 1 aliphatic heterocycles. The van der Waals surface area contributed by atoms with E-state index in [1.54, 1.807) is 20.0 Å². The van der Waals surface area contributed by atoms with Gasteiger partial charge in [-0.1, -0.05) is 12.6 Å². The highest BCUT2D eigenvalue weighted by Gasteiger charge is 2.11. The van der Waals surface area contributed by atoms with Gasteiger partial charge in [0, 0.05) is 38.0 Å². The number of carbonyl (C=O) groups excluding carboxylic acids is 1. The summed E-state index contributed by atoms with van der Waals surface area (Å²) in [6.45, 7) is 6.08. The van der Waals surface area contributed by atoms with Crippen LogP contribution >= 0.6 is 0 Å². The van der Waals surface area contributed by atoms with Gasteiger partial charge in [-0.05, 0) is 25.1 Å². The first-order valence-electron chi connectivity index (χ1n) is 8.02. The largest absolute Gasteiger partial charge is 0.507 e. The van der Waals surface area contributed by atoms with E-state index in [9.17, 15) is 14.3 Å². The number of aromatic hydroxyl groups is 1. The van der Waals surface area contributed by atoms with E-state index in [2.05, 4.69) is 27.2 Å². The topological polar surface area (TPSA) is 86.1 Å². The maximum Gasteiger partial charge on any atom is 0.245 e. The third-order valence-electron chi connectivity index (χ3n) is 3.71. The number of benzene rings is 1. The molecule has 0 saturated heterocycles. The number of hydrogen-bond acceptors (Lipinski definition) is 5. The molecule has 1 aliphatic rings. The molecule has 1 aromatic rings. The number of aliphatic imine (C=N–C) groups is 2. The number of nitrogens with one attached hydrogen (secondary N) is 2. The van der Waals surface area contributed by atoms with Crippen LogP contribution in [-0.2, 0) is 4.79 Å². The van der Waals surface area contributed by atoms with E-state index in [4.69, 9.17) is 0 Å². The summed E-state index contributed by atoms with van der Waals surface area (Å²) in [5.74, 6) is -0.864. The zero-order valence-electron chi connectivity index (χ0n) is 14.7. The van der Waals surface area contributed by atoms with Crippen molar-refractivity contribution in [2.45, 2.75) is 13.3 Å². The predicted molar refractivity (Wildman–Crippen MR) is 101 cm³/mol. The van der Waals surface area contributed by atoms with Gasteiger partial charge in [-0.2, -0.15) is 0 Å². The molecular formula is C19H21FN4O2. The Hall–Kier alpha value is -3.22. The van der Waals surface area contributed by atoms with Gasteiger partial charge in [0.25, 0.3) is 0 Å². The van der Waals surface area contributed by atoms with Crippen LogP contribution in [0.15, 0.2) is 64.5 Å². The Kier molecular flexibility index (Phi) is 6.43. The summed E-state index contributed by atoms with van der Waals surface area (Å²) in [6.07, 6.45) is 5.22. The number of phenols is 1. The van der Waals surface area contributed by atoms with E-state index < -0.39 is 5.82 Å². The number of phenolic OH excluding ortho intramolecular Hbond substituents is 1. The number of rotatable bonds is 6. The van der Waals surface area contributed by atoms with Crippen LogP contribution in [0.1, 0.15) is 18.9 Å². The van der Waals surface area contributed by atoms with E-state index in [0.29, 0.717) is 30.1 Å². The van der Waals surface area contributed by atoms with Gasteiger partial charge >= 0.3 is 0 Å². The van der Waals surface area contributed by atoms with Crippen LogP contribution in [0.5, 0.6) is 5.75 Å². The van der Waals surface area contributed by atoms with Crippen molar-refractivity contribution in [1.29, 1.82) is 0 Å². The molecule has 0 spiro atoms. The van der Waals surface area contributed by atoms with Gasteiger partial charge in [-0.15, -0.1) is 0 Å². The van der Waals surface area contributed by atoms with Crippen molar-refractivity contribution in [3.63, 3.8) is 0 Å². The molecule has 0 unspecified atom stereocenters. The average molecular weight is 356 g/mol. The van der Waals surface area contributed by atoms with E-state index in [1.165, 1.54) is 30.5 Å². The summed E-state index contributed by atoms with van der Waals surface area (Å²) in [7, 11) is 1.60. The molecule has 0 aliphatic carbocycles. The minimum absolute atomic E-state index is 0.0578. The van der Waals surface area contributed by atoms with Crippen LogP contribution in [0.25, 0.3) is 0 Å². The Balaban J connectivity index is 2.09. The second kappa shape index (κ2) is 8.75. The Morgan fingerprint density at radius 1 is 1.46 bits per heavy atom. The fourth-order valence-corrected chi connectivity index (χ4v) is 2.42. The van der Waals surface area contributed by atoms with Crippen LogP contribution in [0.4, 0.5) is 4.39 Å². The van der Waals surface area contributed by atoms with E-state index in [1.807, 2.05) is 0 Å². The van der Waals surface area contributed by atoms with Gasteiger partial charge in [0.05, 0.1) is 22.7 Å². The highest BCUT2D eigenvalue weighted by molar-refractivity contribution is 6.08. The Labute approximate surface area is 151 Å². The fourth-order valence-electron chi connectivity index (χ4n) is 2.42. The van der Waals surface area contributed by atoms with Gasteiger partial charge in [-0.25, -0.2) is 4.39 Å². The molecule has 26 heavy (non-hydrogen) atoms. The van der Waals surface area contributed by atoms with Gasteiger partial charge in [-0.3, -0.25) is 14.8 Å². The number of halogens is 1. The monoisotopic (exact) mass is 356 g/mol. The zero-order chi connectivity index (χ0) is 19.1. The minimum atomic E-state index is -0.544. The molecule has 136 valence electrons. The maximum atomic E-state index is 13.8. The van der Waals surface area contributed by atoms with Gasteiger partial charge in [0.2, 0.25) is 5.91 Å². The summed E-state index contributed by atoms with van der Waals surface area (Å²) in [5.41, 5.74) is 2.20. The number of nitrogens with zero attached hydrogens (tertiary/aromatic N) is 2. The smallest absolute Gasteiger partial charge is 0.245 e. The van der Waals surface area contributed by atoms with Crippen LogP contribution in [-0.4, -0.2) is 36.0 Å². The van der Waals surface area contributed by atoms with Crippen molar-refractivity contribution in [2.24, 2.45) is 9.98 Å². The lowest BCUT2D eigenvalue weighted by atomic mass is 10.1. The number of amides is 1. The van der Waals surface area contributed by atoms with Crippen LogP contribution in [0.2, 0.25) is 0 Å². The Morgan fingerprint density at radius 2 is 2.23 bits per heavy atom. The van der Waals surface area contributed by atoms with Crippen molar-refractivity contribution in [3.8, 4) is 5.75 Å². The lowest BCUT2D eigenvalue weighted by Gasteiger charge is -2.17. The molecule has 1 heterocycles. The lowest BCUT2D eigenvalue weighted by molar-refractivity contribution is -0.116. The van der Waals surface area contributed by atoms with Crippen LogP contribution in [0.3, 0.4) is 0 Å². The van der Waals surface area contributed by atoms with Gasteiger partial charge in [0.15, 0.2) is 0 Å². The first kappa shape index (κ1) is 19.1. The normalized spacial score (nSPS) is 15.7. The van der Waals surface area contributed by atoms with Crippen molar-refractivity contribution in [1.82, 2.24) is 10.6 Å². The van der Waals surface area contributed by atoms with Gasteiger partial charge < -0.3 is 15.7 Å². The number of allylic oxidation sites excluding steroid dienone is 1. The molecular weight excluding hydrogens is 335 g/mol. The van der Waals surface area contributed by atoms with Crippen molar-refractivity contribution >= 4 is 17.3 Å². The molecule has 7 heteroatoms. The number of carbonyl (C=O) groups is 1. The molecule has 0 bridgehead atoms. The molecule has 1 aromatic carbocycles. The van der Waals surface area contributed by atoms with Gasteiger partial charge in [0.1, 0.15) is 11.6 Å². The summed E-state index contributed by atoms with van der Waals surface area (Å²) >= 11 is 0. The third-order valence-corrected chi connectivity index (χ3v) is 3.71. The first-order chi connectivity index (χ1) is 12.4. The molecule has 6 nitrogen and oxygen atoms in total. The summed E-state index contributed by atoms with van der Waals surface area (Å²) in [5, 5.41) is 15.5. The van der Waals surface area contributed by atoms with E-state index in [-0.39, 0.29) is 17.2 Å². The molecule has 1 amide bonds. The zero-order valence-corrected chi connectivity index (χ0v) is 14.7. The summed E-state index contributed by atoms with van der Waals surface area (Å²) in [6, 6.07) is 4.09. The second-order valence-corrected chi connectivity index (χ2v) is 5.59. The fraction of sp³-hybridized carbons (Fsp3) is 0.211. The highest BCUT2D eigenvalue weighted by Crippen LogP contribution is 2.20. The minimum Gasteiger partial charge on any atom is -0.507 e. The number of hydrogen-bond donors (Lipinski definition) is 3. The van der Waals surface area contributed by atoms with Crippen molar-refractivity contribution in [3.05, 3.63) is 65.9 Å². The summed E-state index contributed by atoms with van der Waals surface area (Å²) in [4.78, 5) is 19.6. The van der Waals surface area contributed by atoms with Crippen molar-refractivity contribution in [2.75, 3.05) is 13.6 Å². The predicted octanol–water partition coefficient (Wildman–Crippen LogP) is 2.43. The Bertz CT molecular complexity index is 818. The SMILES string of the molecule is C=C(NC1=CC(=O)NCC1)C(/C=C\N=C(C)c1c(O)cccc1F)=NC. The average Bonchev–Trinajstić information content (AvgIpc) is 2.58. The quantitative estimate of drug-likeness (QED) is 0.684. The molecule has 2 rings (SSSR count). The molecule has 3 N–H and O–H groups in total. The molecule has 0 aromatic heterocycles. The van der Waals surface area contributed by atoms with E-state index in [0.717, 1.165) is 5.70 Å². The van der Waals surface area contributed by atoms with Crippen molar-refractivity contribution < 1.29 is 14.3 Å².